The summed E-state index contributed by atoms with van der Waals surface area (Å²) in [5, 5.41) is 3.19. The molecule has 2 N–H and O–H groups in total. The van der Waals surface area contributed by atoms with Crippen molar-refractivity contribution in [2.24, 2.45) is 0 Å². The summed E-state index contributed by atoms with van der Waals surface area (Å²) >= 11 is 1.30. The van der Waals surface area contributed by atoms with Gasteiger partial charge in [0.2, 0.25) is 0 Å². The van der Waals surface area contributed by atoms with Crippen molar-refractivity contribution in [3.8, 4) is 0 Å². The van der Waals surface area contributed by atoms with Crippen LogP contribution in [0.5, 0.6) is 0 Å². The molecule has 3 rings (SSSR count). The molecule has 9 heteroatoms. The van der Waals surface area contributed by atoms with E-state index >= 15 is 0 Å². The fraction of sp³-hybridized carbons (Fsp3) is 0.217. The second-order valence-corrected chi connectivity index (χ2v) is 10.1. The van der Waals surface area contributed by atoms with Gasteiger partial charge in [0.05, 0.1) is 17.1 Å². The van der Waals surface area contributed by atoms with E-state index in [1.54, 1.807) is 19.1 Å². The third-order valence-corrected chi connectivity index (χ3v) is 7.34. The molecule has 1 heterocycles. The van der Waals surface area contributed by atoms with Crippen molar-refractivity contribution in [2.75, 3.05) is 16.6 Å². The van der Waals surface area contributed by atoms with E-state index in [-0.39, 0.29) is 11.5 Å². The van der Waals surface area contributed by atoms with Crippen molar-refractivity contribution in [1.29, 1.82) is 0 Å². The number of carbonyl (C=O) groups is 2. The molecule has 1 amide bonds. The molecule has 3 aromatic rings. The zero-order valence-electron chi connectivity index (χ0n) is 18.2. The molecule has 0 fully saturated rings. The number of benzene rings is 2. The van der Waals surface area contributed by atoms with Crippen molar-refractivity contribution in [1.82, 2.24) is 0 Å². The van der Waals surface area contributed by atoms with Crippen molar-refractivity contribution in [2.45, 2.75) is 32.6 Å². The highest BCUT2D eigenvalue weighted by Gasteiger charge is 2.22. The Morgan fingerprint density at radius 3 is 2.19 bits per heavy atom. The summed E-state index contributed by atoms with van der Waals surface area (Å²) in [6, 6.07) is 12.6. The van der Waals surface area contributed by atoms with Crippen LogP contribution in [0.3, 0.4) is 0 Å². The van der Waals surface area contributed by atoms with E-state index in [2.05, 4.69) is 10.0 Å². The molecule has 0 aliphatic heterocycles. The monoisotopic (exact) mass is 472 g/mol. The standard InChI is InChI=1S/C23H24N2O5S2/c1-5-30-23(27)20-15(3)16(4)31-22(20)24-21(26)17-8-10-18(11-9-17)25-32(28,29)19-12-6-14(2)7-13-19/h6-13,25H,5H2,1-4H3,(H,24,26). The zero-order valence-corrected chi connectivity index (χ0v) is 19.8. The lowest BCUT2D eigenvalue weighted by Crippen LogP contribution is -2.15. The summed E-state index contributed by atoms with van der Waals surface area (Å²) in [5.74, 6) is -0.893. The van der Waals surface area contributed by atoms with Crippen LogP contribution in [-0.4, -0.2) is 26.9 Å². The predicted octanol–water partition coefficient (Wildman–Crippen LogP) is 4.90. The Balaban J connectivity index is 1.76. The number of aryl methyl sites for hydroxylation is 2. The van der Waals surface area contributed by atoms with Crippen LogP contribution < -0.4 is 10.0 Å². The lowest BCUT2D eigenvalue weighted by molar-refractivity contribution is 0.0527. The van der Waals surface area contributed by atoms with Gasteiger partial charge in [0, 0.05) is 16.1 Å². The topological polar surface area (TPSA) is 102 Å². The van der Waals surface area contributed by atoms with E-state index in [0.717, 1.165) is 16.0 Å². The molecule has 0 saturated heterocycles. The Morgan fingerprint density at radius 2 is 1.59 bits per heavy atom. The average molecular weight is 473 g/mol. The first-order valence-corrected chi connectivity index (χ1v) is 12.2. The van der Waals surface area contributed by atoms with Gasteiger partial charge in [0.1, 0.15) is 5.00 Å². The van der Waals surface area contributed by atoms with Crippen LogP contribution in [0.1, 0.15) is 43.6 Å². The minimum absolute atomic E-state index is 0.153. The Bertz CT molecular complexity index is 1240. The van der Waals surface area contributed by atoms with Crippen molar-refractivity contribution < 1.29 is 22.7 Å². The number of carbonyl (C=O) groups excluding carboxylic acids is 2. The first-order chi connectivity index (χ1) is 15.1. The van der Waals surface area contributed by atoms with Crippen LogP contribution in [0.2, 0.25) is 0 Å². The lowest BCUT2D eigenvalue weighted by Gasteiger charge is -2.10. The Kier molecular flexibility index (Phi) is 7.00. The highest BCUT2D eigenvalue weighted by atomic mass is 32.2. The van der Waals surface area contributed by atoms with E-state index in [1.807, 2.05) is 20.8 Å². The molecule has 0 radical (unpaired) electrons. The summed E-state index contributed by atoms with van der Waals surface area (Å²) in [6.45, 7) is 7.51. The molecule has 0 saturated carbocycles. The SMILES string of the molecule is CCOC(=O)c1c(NC(=O)c2ccc(NS(=O)(=O)c3ccc(C)cc3)cc2)sc(C)c1C. The molecular formula is C23H24N2O5S2. The molecule has 2 aromatic carbocycles. The van der Waals surface area contributed by atoms with E-state index in [1.165, 1.54) is 47.7 Å². The summed E-state index contributed by atoms with van der Waals surface area (Å²) in [7, 11) is -3.73. The number of thiophene rings is 1. The summed E-state index contributed by atoms with van der Waals surface area (Å²) in [6.07, 6.45) is 0. The van der Waals surface area contributed by atoms with Crippen LogP contribution in [0.15, 0.2) is 53.4 Å². The Hall–Kier alpha value is -3.17. The second-order valence-electron chi connectivity index (χ2n) is 7.16. The van der Waals surface area contributed by atoms with Gasteiger partial charge in [-0.25, -0.2) is 13.2 Å². The number of anilines is 2. The largest absolute Gasteiger partial charge is 0.462 e. The third-order valence-electron chi connectivity index (χ3n) is 4.82. The fourth-order valence-corrected chi connectivity index (χ4v) is 5.06. The van der Waals surface area contributed by atoms with E-state index in [4.69, 9.17) is 4.74 Å². The van der Waals surface area contributed by atoms with Crippen LogP contribution in [0.25, 0.3) is 0 Å². The Morgan fingerprint density at radius 1 is 0.969 bits per heavy atom. The van der Waals surface area contributed by atoms with E-state index in [0.29, 0.717) is 21.8 Å². The second kappa shape index (κ2) is 9.54. The van der Waals surface area contributed by atoms with Gasteiger partial charge < -0.3 is 10.1 Å². The molecule has 7 nitrogen and oxygen atoms in total. The van der Waals surface area contributed by atoms with Crippen molar-refractivity contribution >= 4 is 43.9 Å². The summed E-state index contributed by atoms with van der Waals surface area (Å²) < 4.78 is 32.7. The minimum Gasteiger partial charge on any atom is -0.462 e. The van der Waals surface area contributed by atoms with Gasteiger partial charge in [-0.2, -0.15) is 0 Å². The maximum Gasteiger partial charge on any atom is 0.341 e. The molecule has 1 aromatic heterocycles. The van der Waals surface area contributed by atoms with E-state index < -0.39 is 21.9 Å². The maximum atomic E-state index is 12.7. The predicted molar refractivity (Wildman–Crippen MR) is 126 cm³/mol. The number of ether oxygens (including phenoxy) is 1. The molecule has 168 valence electrons. The number of sulfonamides is 1. The van der Waals surface area contributed by atoms with Gasteiger partial charge in [-0.15, -0.1) is 11.3 Å². The molecule has 0 aliphatic rings. The van der Waals surface area contributed by atoms with Gasteiger partial charge >= 0.3 is 5.97 Å². The molecule has 32 heavy (non-hydrogen) atoms. The molecule has 0 bridgehead atoms. The maximum absolute atomic E-state index is 12.7. The fourth-order valence-electron chi connectivity index (χ4n) is 2.96. The first-order valence-electron chi connectivity index (χ1n) is 9.90. The minimum atomic E-state index is -3.73. The zero-order chi connectivity index (χ0) is 23.5. The van der Waals surface area contributed by atoms with Crippen LogP contribution >= 0.6 is 11.3 Å². The number of nitrogens with one attached hydrogen (secondary N) is 2. The van der Waals surface area contributed by atoms with Gasteiger partial charge in [0.15, 0.2) is 0 Å². The number of hydrogen-bond donors (Lipinski definition) is 2. The van der Waals surface area contributed by atoms with Crippen LogP contribution in [-0.2, 0) is 14.8 Å². The average Bonchev–Trinajstić information content (AvgIpc) is 3.02. The molecule has 0 spiro atoms. The molecule has 0 atom stereocenters. The van der Waals surface area contributed by atoms with E-state index in [9.17, 15) is 18.0 Å². The summed E-state index contributed by atoms with van der Waals surface area (Å²) in [4.78, 5) is 26.1. The van der Waals surface area contributed by atoms with Crippen molar-refractivity contribution in [3.05, 3.63) is 75.7 Å². The van der Waals surface area contributed by atoms with Gasteiger partial charge in [-0.3, -0.25) is 9.52 Å². The Labute approximate surface area is 191 Å². The number of amides is 1. The highest BCUT2D eigenvalue weighted by Crippen LogP contribution is 2.33. The molecular weight excluding hydrogens is 448 g/mol. The van der Waals surface area contributed by atoms with Gasteiger partial charge in [0.25, 0.3) is 15.9 Å². The summed E-state index contributed by atoms with van der Waals surface area (Å²) in [5.41, 5.74) is 2.73. The number of hydrogen-bond acceptors (Lipinski definition) is 6. The van der Waals surface area contributed by atoms with Crippen LogP contribution in [0, 0.1) is 20.8 Å². The number of esters is 1. The number of rotatable bonds is 7. The normalized spacial score (nSPS) is 11.1. The lowest BCUT2D eigenvalue weighted by atomic mass is 10.1. The third kappa shape index (κ3) is 5.17. The smallest absolute Gasteiger partial charge is 0.341 e. The van der Waals surface area contributed by atoms with Gasteiger partial charge in [-0.1, -0.05) is 17.7 Å². The quantitative estimate of drug-likeness (QED) is 0.476. The van der Waals surface area contributed by atoms with Gasteiger partial charge in [-0.05, 0) is 69.7 Å². The van der Waals surface area contributed by atoms with Crippen LogP contribution in [0.4, 0.5) is 10.7 Å². The van der Waals surface area contributed by atoms with Crippen molar-refractivity contribution in [3.63, 3.8) is 0 Å². The molecule has 0 unspecified atom stereocenters. The molecule has 0 aliphatic carbocycles. The first kappa shape index (κ1) is 23.5. The highest BCUT2D eigenvalue weighted by molar-refractivity contribution is 7.92.